The monoisotopic (exact) mass is 580 g/mol. The highest BCUT2D eigenvalue weighted by molar-refractivity contribution is 5.14. The molecule has 3 N–H and O–H groups in total. The van der Waals surface area contributed by atoms with E-state index in [1.807, 2.05) is 67.6 Å². The van der Waals surface area contributed by atoms with Crippen molar-refractivity contribution < 1.29 is 53.2 Å². The summed E-state index contributed by atoms with van der Waals surface area (Å²) in [4.78, 5) is 0. The molecule has 230 valence electrons. The predicted molar refractivity (Wildman–Crippen MR) is 147 cm³/mol. The van der Waals surface area contributed by atoms with Crippen LogP contribution in [0.25, 0.3) is 0 Å². The number of ether oxygens (including phenoxy) is 8. The first-order valence-corrected chi connectivity index (χ1v) is 13.8. The highest BCUT2D eigenvalue weighted by atomic mass is 16.8. The van der Waals surface area contributed by atoms with E-state index in [0.717, 1.165) is 11.1 Å². The molecule has 0 aliphatic carbocycles. The minimum absolute atomic E-state index is 0.0834. The Kier molecular flexibility index (Phi) is 15.1. The Morgan fingerprint density at radius 3 is 1.59 bits per heavy atom. The topological polar surface area (TPSA) is 135 Å². The maximum atomic E-state index is 10.0. The molecule has 2 saturated heterocycles. The summed E-state index contributed by atoms with van der Waals surface area (Å²) in [7, 11) is 2.90. The number of hydrogen-bond donors (Lipinski definition) is 3. The van der Waals surface area contributed by atoms with E-state index in [9.17, 15) is 15.3 Å². The quantitative estimate of drug-likeness (QED) is 0.322. The van der Waals surface area contributed by atoms with E-state index in [1.54, 1.807) is 0 Å². The molecule has 7 atom stereocenters. The van der Waals surface area contributed by atoms with Gasteiger partial charge in [0, 0.05) is 20.1 Å². The Hall–Kier alpha value is -2.00. The van der Waals surface area contributed by atoms with Crippen LogP contribution in [-0.2, 0) is 51.1 Å². The van der Waals surface area contributed by atoms with Crippen molar-refractivity contribution in [3.05, 3.63) is 71.8 Å². The van der Waals surface area contributed by atoms with Gasteiger partial charge in [0.2, 0.25) is 25.2 Å². The van der Waals surface area contributed by atoms with Crippen molar-refractivity contribution in [1.82, 2.24) is 0 Å². The first kappa shape index (κ1) is 33.5. The van der Waals surface area contributed by atoms with Crippen LogP contribution in [0.1, 0.15) is 24.5 Å². The number of benzene rings is 2. The van der Waals surface area contributed by atoms with Crippen LogP contribution in [0.5, 0.6) is 0 Å². The van der Waals surface area contributed by atoms with Crippen molar-refractivity contribution >= 4 is 0 Å². The SMILES string of the molecule is CCC(O)C1COC(OC)C(O)O1.COC1OCC(C(COCc2ccccc2)COCc2ccccc2)OC1O. The summed E-state index contributed by atoms with van der Waals surface area (Å²) in [5.74, 6) is -0.0834. The largest absolute Gasteiger partial charge is 0.390 e. The van der Waals surface area contributed by atoms with Gasteiger partial charge in [0.25, 0.3) is 0 Å². The summed E-state index contributed by atoms with van der Waals surface area (Å²) in [5, 5.41) is 28.7. The molecule has 11 nitrogen and oxygen atoms in total. The number of aliphatic hydroxyl groups is 3. The van der Waals surface area contributed by atoms with Crippen LogP contribution >= 0.6 is 0 Å². The first-order valence-electron chi connectivity index (χ1n) is 13.8. The second kappa shape index (κ2) is 18.5. The van der Waals surface area contributed by atoms with E-state index in [4.69, 9.17) is 37.9 Å². The third-order valence-corrected chi connectivity index (χ3v) is 6.67. The number of methoxy groups -OCH3 is 2. The molecule has 2 aliphatic heterocycles. The van der Waals surface area contributed by atoms with Gasteiger partial charge in [-0.25, -0.2) is 0 Å². The molecule has 2 fully saturated rings. The molecule has 0 saturated carbocycles. The Bertz CT molecular complexity index is 889. The number of rotatable bonds is 13. The van der Waals surface area contributed by atoms with Crippen molar-refractivity contribution in [2.75, 3.05) is 40.6 Å². The Morgan fingerprint density at radius 1 is 0.732 bits per heavy atom. The van der Waals surface area contributed by atoms with Crippen molar-refractivity contribution in [2.45, 2.75) is 70.0 Å². The zero-order valence-electron chi connectivity index (χ0n) is 23.9. The third-order valence-electron chi connectivity index (χ3n) is 6.67. The normalized spacial score (nSPS) is 27.2. The Morgan fingerprint density at radius 2 is 1.17 bits per heavy atom. The minimum Gasteiger partial charge on any atom is -0.390 e. The van der Waals surface area contributed by atoms with Crippen LogP contribution in [0, 0.1) is 5.92 Å². The van der Waals surface area contributed by atoms with Gasteiger partial charge in [-0.05, 0) is 17.5 Å². The van der Waals surface area contributed by atoms with E-state index >= 15 is 0 Å². The fourth-order valence-electron chi connectivity index (χ4n) is 4.26. The molecule has 2 heterocycles. The maximum Gasteiger partial charge on any atom is 0.209 e. The molecule has 0 bridgehead atoms. The summed E-state index contributed by atoms with van der Waals surface area (Å²) in [6, 6.07) is 20.0. The molecule has 0 aromatic heterocycles. The van der Waals surface area contributed by atoms with E-state index in [1.165, 1.54) is 14.2 Å². The van der Waals surface area contributed by atoms with Crippen molar-refractivity contribution in [2.24, 2.45) is 5.92 Å². The molecule has 7 unspecified atom stereocenters. The molecule has 41 heavy (non-hydrogen) atoms. The zero-order valence-corrected chi connectivity index (χ0v) is 23.9. The summed E-state index contributed by atoms with van der Waals surface area (Å²) in [6.07, 6.45) is -4.61. The second-order valence-electron chi connectivity index (χ2n) is 9.74. The van der Waals surface area contributed by atoms with Crippen LogP contribution in [-0.4, -0.2) is 99.4 Å². The second-order valence-corrected chi connectivity index (χ2v) is 9.74. The lowest BCUT2D eigenvalue weighted by atomic mass is 10.0. The van der Waals surface area contributed by atoms with Crippen molar-refractivity contribution in [3.63, 3.8) is 0 Å². The van der Waals surface area contributed by atoms with Crippen molar-refractivity contribution in [1.29, 1.82) is 0 Å². The van der Waals surface area contributed by atoms with Gasteiger partial charge in [0.05, 0.1) is 51.8 Å². The summed E-state index contributed by atoms with van der Waals surface area (Å²) >= 11 is 0. The van der Waals surface area contributed by atoms with Gasteiger partial charge in [-0.15, -0.1) is 0 Å². The number of hydrogen-bond acceptors (Lipinski definition) is 11. The van der Waals surface area contributed by atoms with Crippen LogP contribution in [0.4, 0.5) is 0 Å². The molecule has 0 spiro atoms. The van der Waals surface area contributed by atoms with Gasteiger partial charge in [-0.3, -0.25) is 0 Å². The Labute approximate surface area is 241 Å². The van der Waals surface area contributed by atoms with Crippen LogP contribution in [0.2, 0.25) is 0 Å². The number of aliphatic hydroxyl groups excluding tert-OH is 3. The van der Waals surface area contributed by atoms with E-state index in [2.05, 4.69) is 0 Å². The fourth-order valence-corrected chi connectivity index (χ4v) is 4.26. The average Bonchev–Trinajstić information content (AvgIpc) is 3.01. The smallest absolute Gasteiger partial charge is 0.209 e. The molecular weight excluding hydrogens is 536 g/mol. The van der Waals surface area contributed by atoms with E-state index in [0.29, 0.717) is 39.5 Å². The van der Waals surface area contributed by atoms with E-state index < -0.39 is 37.4 Å². The molecule has 2 aliphatic rings. The Balaban J connectivity index is 0.000000298. The molecule has 2 aromatic carbocycles. The average molecular weight is 581 g/mol. The van der Waals surface area contributed by atoms with Gasteiger partial charge in [-0.2, -0.15) is 0 Å². The highest BCUT2D eigenvalue weighted by Crippen LogP contribution is 2.21. The lowest BCUT2D eigenvalue weighted by Gasteiger charge is -2.36. The molecule has 0 radical (unpaired) electrons. The van der Waals surface area contributed by atoms with Gasteiger partial charge in [0.1, 0.15) is 6.10 Å². The van der Waals surface area contributed by atoms with Gasteiger partial charge >= 0.3 is 0 Å². The molecule has 11 heteroatoms. The van der Waals surface area contributed by atoms with E-state index in [-0.39, 0.29) is 18.6 Å². The summed E-state index contributed by atoms with van der Waals surface area (Å²) < 4.78 is 43.1. The highest BCUT2D eigenvalue weighted by Gasteiger charge is 2.36. The van der Waals surface area contributed by atoms with Crippen LogP contribution < -0.4 is 0 Å². The summed E-state index contributed by atoms with van der Waals surface area (Å²) in [6.45, 7) is 4.26. The first-order chi connectivity index (χ1) is 19.9. The summed E-state index contributed by atoms with van der Waals surface area (Å²) in [5.41, 5.74) is 2.21. The molecule has 4 rings (SSSR count). The minimum atomic E-state index is -1.13. The van der Waals surface area contributed by atoms with Crippen LogP contribution in [0.3, 0.4) is 0 Å². The molecule has 2 aromatic rings. The molecular formula is C30H44O11. The predicted octanol–water partition coefficient (Wildman–Crippen LogP) is 2.21. The molecule has 0 amide bonds. The van der Waals surface area contributed by atoms with Crippen LogP contribution in [0.15, 0.2) is 60.7 Å². The van der Waals surface area contributed by atoms with Crippen molar-refractivity contribution in [3.8, 4) is 0 Å². The lowest BCUT2D eigenvalue weighted by Crippen LogP contribution is -2.48. The zero-order chi connectivity index (χ0) is 29.5. The lowest BCUT2D eigenvalue weighted by molar-refractivity contribution is -0.331. The van der Waals surface area contributed by atoms with Gasteiger partial charge in [-0.1, -0.05) is 67.6 Å². The standard InChI is InChI=1S/C22H28O6.C8H16O5/c1-24-22-21(23)28-20(16-27-22)19(14-25-12-17-8-4-2-5-9-17)15-26-13-18-10-6-3-7-11-18;1-3-5(9)6-4-12-8(11-2)7(10)13-6/h2-11,19-23H,12-16H2,1H3;5-10H,3-4H2,1-2H3. The fraction of sp³-hybridized carbons (Fsp3) is 0.600. The van der Waals surface area contributed by atoms with Gasteiger partial charge < -0.3 is 53.2 Å². The third kappa shape index (κ3) is 11.3. The maximum absolute atomic E-state index is 10.0. The van der Waals surface area contributed by atoms with Gasteiger partial charge in [0.15, 0.2) is 0 Å².